The molecule has 1 aromatic heterocycles. The van der Waals surface area contributed by atoms with E-state index in [0.29, 0.717) is 0 Å². The van der Waals surface area contributed by atoms with Gasteiger partial charge in [-0.3, -0.25) is 4.98 Å². The first-order valence-corrected chi connectivity index (χ1v) is 6.99. The molecule has 0 spiro atoms. The van der Waals surface area contributed by atoms with Crippen LogP contribution in [0.1, 0.15) is 30.3 Å². The maximum atomic E-state index is 5.74. The Bertz CT molecular complexity index is 563. The van der Waals surface area contributed by atoms with Gasteiger partial charge in [0, 0.05) is 25.0 Å². The number of hydrogen-bond donors (Lipinski definition) is 1. The first-order valence-electron chi connectivity index (χ1n) is 6.99. The SMILES string of the molecule is CCCN(Cc1ccc(N)cc1)c1nc(C)cnc1C. The summed E-state index contributed by atoms with van der Waals surface area (Å²) in [7, 11) is 0. The van der Waals surface area contributed by atoms with Crippen LogP contribution in [0.2, 0.25) is 0 Å². The fourth-order valence-corrected chi connectivity index (χ4v) is 2.20. The number of nitrogens with two attached hydrogens (primary N) is 1. The van der Waals surface area contributed by atoms with Crippen LogP contribution in [0.4, 0.5) is 11.5 Å². The molecule has 1 heterocycles. The molecule has 0 unspecified atom stereocenters. The number of nitrogens with zero attached hydrogens (tertiary/aromatic N) is 3. The summed E-state index contributed by atoms with van der Waals surface area (Å²) in [5.74, 6) is 0.976. The standard InChI is InChI=1S/C16H22N4/c1-4-9-20(11-14-5-7-15(17)8-6-14)16-13(3)18-10-12(2)19-16/h5-8,10H,4,9,11,17H2,1-3H3. The topological polar surface area (TPSA) is 55.0 Å². The van der Waals surface area contributed by atoms with Crippen molar-refractivity contribution in [1.82, 2.24) is 9.97 Å². The van der Waals surface area contributed by atoms with Gasteiger partial charge in [-0.15, -0.1) is 0 Å². The molecule has 0 saturated carbocycles. The summed E-state index contributed by atoms with van der Waals surface area (Å²) in [5.41, 5.74) is 9.68. The average molecular weight is 270 g/mol. The molecule has 0 aliphatic heterocycles. The number of rotatable bonds is 5. The fourth-order valence-electron chi connectivity index (χ4n) is 2.20. The van der Waals surface area contributed by atoms with Crippen molar-refractivity contribution >= 4 is 11.5 Å². The Kier molecular flexibility index (Phi) is 4.56. The molecule has 0 fully saturated rings. The van der Waals surface area contributed by atoms with Gasteiger partial charge in [0.15, 0.2) is 5.82 Å². The van der Waals surface area contributed by atoms with Crippen LogP contribution in [0.15, 0.2) is 30.5 Å². The van der Waals surface area contributed by atoms with E-state index in [1.807, 2.05) is 32.2 Å². The van der Waals surface area contributed by atoms with Gasteiger partial charge >= 0.3 is 0 Å². The quantitative estimate of drug-likeness (QED) is 0.848. The molecular weight excluding hydrogens is 248 g/mol. The van der Waals surface area contributed by atoms with Crippen LogP contribution >= 0.6 is 0 Å². The molecule has 0 bridgehead atoms. The summed E-state index contributed by atoms with van der Waals surface area (Å²) in [6, 6.07) is 8.01. The number of aryl methyl sites for hydroxylation is 2. The molecule has 0 atom stereocenters. The highest BCUT2D eigenvalue weighted by Gasteiger charge is 2.12. The molecule has 1 aromatic carbocycles. The maximum absolute atomic E-state index is 5.74. The Labute approximate surface area is 120 Å². The third kappa shape index (κ3) is 3.47. The smallest absolute Gasteiger partial charge is 0.150 e. The molecule has 2 aromatic rings. The third-order valence-corrected chi connectivity index (χ3v) is 3.20. The van der Waals surface area contributed by atoms with Gasteiger partial charge in [0.05, 0.1) is 11.4 Å². The van der Waals surface area contributed by atoms with Crippen LogP contribution in [0.3, 0.4) is 0 Å². The van der Waals surface area contributed by atoms with Crippen LogP contribution in [-0.4, -0.2) is 16.5 Å². The van der Waals surface area contributed by atoms with Crippen molar-refractivity contribution < 1.29 is 0 Å². The first kappa shape index (κ1) is 14.3. The summed E-state index contributed by atoms with van der Waals surface area (Å²) in [6.45, 7) is 7.95. The minimum atomic E-state index is 0.794. The second-order valence-corrected chi connectivity index (χ2v) is 5.08. The average Bonchev–Trinajstić information content (AvgIpc) is 2.43. The highest BCUT2D eigenvalue weighted by atomic mass is 15.2. The maximum Gasteiger partial charge on any atom is 0.150 e. The lowest BCUT2D eigenvalue weighted by atomic mass is 10.2. The van der Waals surface area contributed by atoms with Gasteiger partial charge in [0.2, 0.25) is 0 Å². The second kappa shape index (κ2) is 6.37. The molecule has 4 nitrogen and oxygen atoms in total. The number of aromatic nitrogens is 2. The van der Waals surface area contributed by atoms with Crippen molar-refractivity contribution in [2.24, 2.45) is 0 Å². The molecule has 0 amide bonds. The van der Waals surface area contributed by atoms with E-state index in [2.05, 4.69) is 33.9 Å². The van der Waals surface area contributed by atoms with Gasteiger partial charge in [-0.1, -0.05) is 19.1 Å². The molecule has 0 radical (unpaired) electrons. The van der Waals surface area contributed by atoms with Crippen LogP contribution in [-0.2, 0) is 6.54 Å². The number of anilines is 2. The van der Waals surface area contributed by atoms with E-state index >= 15 is 0 Å². The lowest BCUT2D eigenvalue weighted by Crippen LogP contribution is -2.26. The highest BCUT2D eigenvalue weighted by Crippen LogP contribution is 2.19. The van der Waals surface area contributed by atoms with Crippen molar-refractivity contribution in [3.05, 3.63) is 47.4 Å². The van der Waals surface area contributed by atoms with E-state index in [0.717, 1.165) is 42.4 Å². The fraction of sp³-hybridized carbons (Fsp3) is 0.375. The van der Waals surface area contributed by atoms with Gasteiger partial charge in [-0.2, -0.15) is 0 Å². The molecule has 0 aliphatic carbocycles. The zero-order valence-electron chi connectivity index (χ0n) is 12.4. The van der Waals surface area contributed by atoms with Crippen molar-refractivity contribution in [2.75, 3.05) is 17.2 Å². The monoisotopic (exact) mass is 270 g/mol. The predicted octanol–water partition coefficient (Wildman–Crippen LogP) is 3.09. The summed E-state index contributed by atoms with van der Waals surface area (Å²) in [5, 5.41) is 0. The lowest BCUT2D eigenvalue weighted by molar-refractivity contribution is 0.744. The van der Waals surface area contributed by atoms with Crippen molar-refractivity contribution in [2.45, 2.75) is 33.7 Å². The van der Waals surface area contributed by atoms with Gasteiger partial charge in [-0.05, 0) is 38.0 Å². The number of benzene rings is 1. The van der Waals surface area contributed by atoms with Gasteiger partial charge < -0.3 is 10.6 Å². The molecule has 20 heavy (non-hydrogen) atoms. The van der Waals surface area contributed by atoms with Gasteiger partial charge in [0.25, 0.3) is 0 Å². The Morgan fingerprint density at radius 2 is 1.85 bits per heavy atom. The van der Waals surface area contributed by atoms with Crippen molar-refractivity contribution in [3.63, 3.8) is 0 Å². The summed E-state index contributed by atoms with van der Waals surface area (Å²) >= 11 is 0. The minimum Gasteiger partial charge on any atom is -0.399 e. The van der Waals surface area contributed by atoms with Crippen LogP contribution < -0.4 is 10.6 Å². The molecule has 2 rings (SSSR count). The zero-order valence-corrected chi connectivity index (χ0v) is 12.4. The van der Waals surface area contributed by atoms with Crippen LogP contribution in [0.5, 0.6) is 0 Å². The number of hydrogen-bond acceptors (Lipinski definition) is 4. The molecule has 0 saturated heterocycles. The Morgan fingerprint density at radius 3 is 2.50 bits per heavy atom. The van der Waals surface area contributed by atoms with E-state index in [1.165, 1.54) is 5.56 Å². The van der Waals surface area contributed by atoms with E-state index < -0.39 is 0 Å². The number of nitrogen functional groups attached to an aromatic ring is 1. The van der Waals surface area contributed by atoms with E-state index in [4.69, 9.17) is 5.73 Å². The zero-order chi connectivity index (χ0) is 14.5. The van der Waals surface area contributed by atoms with E-state index in [-0.39, 0.29) is 0 Å². The summed E-state index contributed by atoms with van der Waals surface area (Å²) in [6.07, 6.45) is 2.89. The van der Waals surface area contributed by atoms with Crippen molar-refractivity contribution in [3.8, 4) is 0 Å². The van der Waals surface area contributed by atoms with Gasteiger partial charge in [-0.25, -0.2) is 4.98 Å². The molecule has 0 aliphatic rings. The molecular formula is C16H22N4. The van der Waals surface area contributed by atoms with E-state index in [1.54, 1.807) is 0 Å². The van der Waals surface area contributed by atoms with Gasteiger partial charge in [0.1, 0.15) is 0 Å². The predicted molar refractivity (Wildman–Crippen MR) is 83.7 cm³/mol. The minimum absolute atomic E-state index is 0.794. The molecule has 4 heteroatoms. The largest absolute Gasteiger partial charge is 0.399 e. The second-order valence-electron chi connectivity index (χ2n) is 5.08. The first-order chi connectivity index (χ1) is 9.60. The Hall–Kier alpha value is -2.10. The summed E-state index contributed by atoms with van der Waals surface area (Å²) < 4.78 is 0. The van der Waals surface area contributed by atoms with Crippen LogP contribution in [0.25, 0.3) is 0 Å². The summed E-state index contributed by atoms with van der Waals surface area (Å²) in [4.78, 5) is 11.3. The Balaban J connectivity index is 2.26. The van der Waals surface area contributed by atoms with Crippen LogP contribution in [0, 0.1) is 13.8 Å². The molecule has 106 valence electrons. The lowest BCUT2D eigenvalue weighted by Gasteiger charge is -2.24. The molecule has 2 N–H and O–H groups in total. The van der Waals surface area contributed by atoms with Crippen molar-refractivity contribution in [1.29, 1.82) is 0 Å². The third-order valence-electron chi connectivity index (χ3n) is 3.20. The Morgan fingerprint density at radius 1 is 1.15 bits per heavy atom. The normalized spacial score (nSPS) is 10.6. The van der Waals surface area contributed by atoms with E-state index in [9.17, 15) is 0 Å². The highest BCUT2D eigenvalue weighted by molar-refractivity contribution is 5.45.